The van der Waals surface area contributed by atoms with Crippen LogP contribution in [0.1, 0.15) is 55.3 Å². The Balaban J connectivity index is 0.00000166. The van der Waals surface area contributed by atoms with Crippen LogP contribution in [0.3, 0.4) is 0 Å². The van der Waals surface area contributed by atoms with Crippen LogP contribution >= 0.6 is 0 Å². The van der Waals surface area contributed by atoms with Gasteiger partial charge in [0.25, 0.3) is 17.7 Å². The Kier molecular flexibility index (Phi) is 8.18. The first-order valence-electron chi connectivity index (χ1n) is 10.00. The predicted molar refractivity (Wildman–Crippen MR) is 115 cm³/mol. The van der Waals surface area contributed by atoms with Gasteiger partial charge in [0.1, 0.15) is 0 Å². The summed E-state index contributed by atoms with van der Waals surface area (Å²) in [5.74, 6) is -1.32. The molecule has 164 valence electrons. The second-order valence-electron chi connectivity index (χ2n) is 6.62. The van der Waals surface area contributed by atoms with E-state index in [-0.39, 0.29) is 54.5 Å². The van der Waals surface area contributed by atoms with Crippen LogP contribution in [0.15, 0.2) is 36.4 Å². The molecule has 0 saturated carbocycles. The van der Waals surface area contributed by atoms with Crippen LogP contribution in [0.4, 0.5) is 0 Å². The summed E-state index contributed by atoms with van der Waals surface area (Å²) < 4.78 is 0. The summed E-state index contributed by atoms with van der Waals surface area (Å²) in [6, 6.07) is 9.49. The Hall–Kier alpha value is -3.36. The number of carbonyl (C=O) groups is 4. The van der Waals surface area contributed by atoms with Crippen molar-refractivity contribution >= 4 is 24.0 Å². The first-order chi connectivity index (χ1) is 14.9. The molecule has 0 fully saturated rings. The summed E-state index contributed by atoms with van der Waals surface area (Å²) >= 11 is 0. The van der Waals surface area contributed by atoms with E-state index >= 15 is 0 Å². The van der Waals surface area contributed by atoms with Gasteiger partial charge >= 0.3 is 0 Å². The highest BCUT2D eigenvalue weighted by atomic mass is 16.3. The molecular formula is C23H26N2O6. The van der Waals surface area contributed by atoms with Crippen LogP contribution in [0.5, 0.6) is 0 Å². The van der Waals surface area contributed by atoms with Crippen LogP contribution in [-0.2, 0) is 0 Å². The number of likely N-dealkylation sites (N-methyl/N-ethyl adjacent to an activating group) is 1. The maximum atomic E-state index is 12.5. The SMILES string of the molecule is CC.CN(CCO)C(=O)c1ccc(-c2ccc3c(c2)C(=O)N(CCO)C3=O)cc1C=O. The van der Waals surface area contributed by atoms with Crippen molar-refractivity contribution in [1.29, 1.82) is 0 Å². The summed E-state index contributed by atoms with van der Waals surface area (Å²) in [7, 11) is 1.53. The minimum absolute atomic E-state index is 0.0743. The lowest BCUT2D eigenvalue weighted by Crippen LogP contribution is -2.32. The highest BCUT2D eigenvalue weighted by molar-refractivity contribution is 6.21. The van der Waals surface area contributed by atoms with Gasteiger partial charge in [-0.1, -0.05) is 26.0 Å². The number of benzene rings is 2. The Bertz CT molecular complexity index is 1000. The lowest BCUT2D eigenvalue weighted by Gasteiger charge is -2.17. The lowest BCUT2D eigenvalue weighted by molar-refractivity contribution is 0.0623. The molecule has 8 nitrogen and oxygen atoms in total. The fourth-order valence-corrected chi connectivity index (χ4v) is 3.27. The molecule has 3 rings (SSSR count). The molecule has 2 aromatic rings. The standard InChI is InChI=1S/C21H20N2O6.C2H6/c1-22(6-8-24)19(27)16-4-2-13(10-15(16)12-26)14-3-5-17-18(11-14)21(29)23(7-9-25)20(17)28;1-2/h2-5,10-12,24-25H,6-9H2,1H3;1-2H3. The lowest BCUT2D eigenvalue weighted by atomic mass is 9.96. The van der Waals surface area contributed by atoms with E-state index in [9.17, 15) is 19.2 Å². The van der Waals surface area contributed by atoms with E-state index in [0.717, 1.165) is 4.90 Å². The molecule has 2 N–H and O–H groups in total. The number of nitrogens with zero attached hydrogens (tertiary/aromatic N) is 2. The molecular weight excluding hydrogens is 400 g/mol. The number of rotatable bonds is 7. The zero-order chi connectivity index (χ0) is 23.1. The summed E-state index contributed by atoms with van der Waals surface area (Å²) in [6.45, 7) is 3.56. The van der Waals surface area contributed by atoms with E-state index in [1.165, 1.54) is 24.1 Å². The molecule has 0 unspecified atom stereocenters. The summed E-state index contributed by atoms with van der Waals surface area (Å²) in [5.41, 5.74) is 2.11. The van der Waals surface area contributed by atoms with Crippen molar-refractivity contribution in [2.75, 3.05) is 33.4 Å². The van der Waals surface area contributed by atoms with E-state index in [1.54, 1.807) is 24.3 Å². The molecule has 1 aliphatic heterocycles. The molecule has 8 heteroatoms. The number of carbonyl (C=O) groups excluding carboxylic acids is 4. The predicted octanol–water partition coefficient (Wildman–Crippen LogP) is 1.84. The van der Waals surface area contributed by atoms with Gasteiger partial charge in [-0.3, -0.25) is 24.1 Å². The topological polar surface area (TPSA) is 115 Å². The first kappa shape index (κ1) is 23.9. The highest BCUT2D eigenvalue weighted by Gasteiger charge is 2.35. The van der Waals surface area contributed by atoms with Crippen LogP contribution in [0.2, 0.25) is 0 Å². The van der Waals surface area contributed by atoms with Gasteiger partial charge in [-0.2, -0.15) is 0 Å². The van der Waals surface area contributed by atoms with Gasteiger partial charge in [0.15, 0.2) is 6.29 Å². The highest BCUT2D eigenvalue weighted by Crippen LogP contribution is 2.29. The second-order valence-corrected chi connectivity index (χ2v) is 6.62. The minimum Gasteiger partial charge on any atom is -0.395 e. The molecule has 3 amide bonds. The molecule has 2 aromatic carbocycles. The number of hydrogen-bond donors (Lipinski definition) is 2. The normalized spacial score (nSPS) is 12.2. The third-order valence-corrected chi connectivity index (χ3v) is 4.82. The Morgan fingerprint density at radius 3 is 2.19 bits per heavy atom. The molecule has 0 aromatic heterocycles. The number of hydrogen-bond acceptors (Lipinski definition) is 6. The quantitative estimate of drug-likeness (QED) is 0.516. The van der Waals surface area contributed by atoms with Gasteiger partial charge in [0, 0.05) is 19.2 Å². The fraction of sp³-hybridized carbons (Fsp3) is 0.304. The number of amides is 3. The fourth-order valence-electron chi connectivity index (χ4n) is 3.27. The number of β-amino-alcohol motifs (C(OH)–C–C–N with tert-alkyl or cyclic N) is 1. The van der Waals surface area contributed by atoms with Crippen molar-refractivity contribution in [3.63, 3.8) is 0 Å². The molecule has 31 heavy (non-hydrogen) atoms. The van der Waals surface area contributed by atoms with Gasteiger partial charge in [0.2, 0.25) is 0 Å². The van der Waals surface area contributed by atoms with Gasteiger partial charge in [0.05, 0.1) is 36.4 Å². The monoisotopic (exact) mass is 426 g/mol. The number of aldehydes is 1. The average molecular weight is 426 g/mol. The molecule has 0 spiro atoms. The maximum Gasteiger partial charge on any atom is 0.261 e. The van der Waals surface area contributed by atoms with Crippen LogP contribution in [0.25, 0.3) is 11.1 Å². The van der Waals surface area contributed by atoms with Gasteiger partial charge in [-0.25, -0.2) is 0 Å². The van der Waals surface area contributed by atoms with E-state index in [1.807, 2.05) is 13.8 Å². The van der Waals surface area contributed by atoms with Gasteiger partial charge in [-0.15, -0.1) is 0 Å². The van der Waals surface area contributed by atoms with Crippen molar-refractivity contribution < 1.29 is 29.4 Å². The molecule has 1 aliphatic rings. The number of aliphatic hydroxyl groups is 2. The van der Waals surface area contributed by atoms with Gasteiger partial charge in [-0.05, 0) is 35.4 Å². The zero-order valence-corrected chi connectivity index (χ0v) is 17.8. The van der Waals surface area contributed by atoms with Crippen molar-refractivity contribution in [2.45, 2.75) is 13.8 Å². The third-order valence-electron chi connectivity index (χ3n) is 4.82. The minimum atomic E-state index is -0.478. The number of imide groups is 1. The third kappa shape index (κ3) is 4.70. The average Bonchev–Trinajstić information content (AvgIpc) is 3.04. The summed E-state index contributed by atoms with van der Waals surface area (Å²) in [5, 5.41) is 18.0. The zero-order valence-electron chi connectivity index (χ0n) is 17.8. The smallest absolute Gasteiger partial charge is 0.261 e. The van der Waals surface area contributed by atoms with Crippen LogP contribution < -0.4 is 0 Å². The largest absolute Gasteiger partial charge is 0.395 e. The Labute approximate surface area is 180 Å². The molecule has 0 atom stereocenters. The molecule has 0 bridgehead atoms. The van der Waals surface area contributed by atoms with Crippen LogP contribution in [0, 0.1) is 0 Å². The maximum absolute atomic E-state index is 12.5. The molecule has 0 saturated heterocycles. The summed E-state index contributed by atoms with van der Waals surface area (Å²) in [4.78, 5) is 51.0. The number of fused-ring (bicyclic) bond motifs is 1. The van der Waals surface area contributed by atoms with E-state index in [0.29, 0.717) is 17.4 Å². The Morgan fingerprint density at radius 2 is 1.58 bits per heavy atom. The second kappa shape index (κ2) is 10.6. The molecule has 1 heterocycles. The van der Waals surface area contributed by atoms with Gasteiger partial charge < -0.3 is 15.1 Å². The van der Waals surface area contributed by atoms with Crippen molar-refractivity contribution in [3.05, 3.63) is 58.7 Å². The van der Waals surface area contributed by atoms with Crippen molar-refractivity contribution in [2.24, 2.45) is 0 Å². The van der Waals surface area contributed by atoms with Crippen LogP contribution in [-0.4, -0.2) is 77.4 Å². The molecule has 0 radical (unpaired) electrons. The number of aliphatic hydroxyl groups excluding tert-OH is 2. The van der Waals surface area contributed by atoms with Crippen molar-refractivity contribution in [3.8, 4) is 11.1 Å². The van der Waals surface area contributed by atoms with E-state index in [4.69, 9.17) is 10.2 Å². The Morgan fingerprint density at radius 1 is 0.968 bits per heavy atom. The van der Waals surface area contributed by atoms with Crippen molar-refractivity contribution in [1.82, 2.24) is 9.80 Å². The molecule has 0 aliphatic carbocycles. The summed E-state index contributed by atoms with van der Waals surface area (Å²) in [6.07, 6.45) is 0.578. The first-order valence-corrected chi connectivity index (χ1v) is 10.00. The van der Waals surface area contributed by atoms with E-state index < -0.39 is 11.8 Å². The van der Waals surface area contributed by atoms with E-state index in [2.05, 4.69) is 0 Å².